The van der Waals surface area contributed by atoms with Gasteiger partial charge in [0, 0.05) is 59.3 Å². The van der Waals surface area contributed by atoms with E-state index in [0.29, 0.717) is 76.8 Å². The molecule has 0 radical (unpaired) electrons. The first-order valence-electron chi connectivity index (χ1n) is 25.6. The van der Waals surface area contributed by atoms with Crippen LogP contribution in [0.3, 0.4) is 0 Å². The summed E-state index contributed by atoms with van der Waals surface area (Å²) in [6.45, 7) is 16.8. The number of amides is 1. The molecule has 20 nitrogen and oxygen atoms in total. The van der Waals surface area contributed by atoms with Crippen LogP contribution in [0.2, 0.25) is 0 Å². The van der Waals surface area contributed by atoms with Crippen molar-refractivity contribution in [3.05, 3.63) is 161 Å². The van der Waals surface area contributed by atoms with Gasteiger partial charge in [0.15, 0.2) is 11.4 Å². The van der Waals surface area contributed by atoms with Crippen LogP contribution in [-0.4, -0.2) is 106 Å². The van der Waals surface area contributed by atoms with Crippen molar-refractivity contribution in [2.24, 2.45) is 0 Å². The van der Waals surface area contributed by atoms with Gasteiger partial charge in [-0.2, -0.15) is 22.8 Å². The van der Waals surface area contributed by atoms with Gasteiger partial charge in [-0.15, -0.1) is 65.7 Å². The summed E-state index contributed by atoms with van der Waals surface area (Å²) >= 11 is 0. The number of hydrogen-bond acceptors (Lipinski definition) is 18. The first-order valence-corrected chi connectivity index (χ1v) is 32.0. The van der Waals surface area contributed by atoms with Crippen LogP contribution < -0.4 is 163 Å². The van der Waals surface area contributed by atoms with Crippen molar-refractivity contribution >= 4 is 96.1 Å². The van der Waals surface area contributed by atoms with E-state index in [-0.39, 0.29) is 177 Å². The molecule has 0 fully saturated rings. The van der Waals surface area contributed by atoms with Gasteiger partial charge in [0.25, 0.3) is 0 Å². The van der Waals surface area contributed by atoms with E-state index in [9.17, 15) is 43.7 Å². The Kier molecular flexibility index (Phi) is 33.7. The van der Waals surface area contributed by atoms with Crippen LogP contribution in [0, 0.1) is 12.1 Å². The third-order valence-corrected chi connectivity index (χ3v) is 16.6. The number of hydrogen-bond donors (Lipinski definition) is 1. The number of unbranched alkanes of at least 4 members (excludes halogenated alkanes) is 1. The predicted molar refractivity (Wildman–Crippen MR) is 303 cm³/mol. The van der Waals surface area contributed by atoms with E-state index < -0.39 is 73.1 Å². The Labute approximate surface area is 622 Å². The number of benzene rings is 5. The van der Waals surface area contributed by atoms with E-state index in [1.54, 1.807) is 25.1 Å². The van der Waals surface area contributed by atoms with Crippen molar-refractivity contribution < 1.29 is 226 Å². The quantitative estimate of drug-likeness (QED) is 0.0280. The van der Waals surface area contributed by atoms with Crippen LogP contribution in [0.4, 0.5) is 11.4 Å². The average Bonchev–Trinajstić information content (AvgIpc) is 1.61. The van der Waals surface area contributed by atoms with Gasteiger partial charge in [-0.3, -0.25) is 13.2 Å². The number of rotatable bonds is 18. The molecule has 1 aliphatic carbocycles. The van der Waals surface area contributed by atoms with Gasteiger partial charge in [0.2, 0.25) is 5.91 Å². The molecule has 1 N–H and O–H groups in total. The SMILES string of the molecule is C=C(C)C(=O)NCCc1ccc(OC2=C(/C=C/C3=[N+](CCCC)c4ccc5[c-]cc(S(=O)(=O)[O-])cc5c4C3(C)C)CCC/C2=C\C=C2\N(CCCS(=O)(=O)[O-])c3ccc4c(S(=O)(=O)[O-])c[c-]cc4c3C2(C)C)cc1.O=S(=O)=O.O=S(=O)=O.[Na+].[Na+].[Na+].[Na+].[Na+]. The molecule has 0 saturated carbocycles. The second-order valence-corrected chi connectivity index (χ2v) is 25.6. The van der Waals surface area contributed by atoms with Crippen molar-refractivity contribution in [1.29, 1.82) is 0 Å². The van der Waals surface area contributed by atoms with Crippen LogP contribution in [0.15, 0.2) is 142 Å². The summed E-state index contributed by atoms with van der Waals surface area (Å²) in [5.74, 6) is 0.378. The Hall–Kier alpha value is -1.97. The van der Waals surface area contributed by atoms with Gasteiger partial charge < -0.3 is 28.6 Å². The first kappa shape index (κ1) is 83.0. The Bertz CT molecular complexity index is 4120. The largest absolute Gasteiger partial charge is 1.00 e. The van der Waals surface area contributed by atoms with E-state index in [2.05, 4.69) is 61.5 Å². The fourth-order valence-corrected chi connectivity index (χ4v) is 12.2. The van der Waals surface area contributed by atoms with Gasteiger partial charge in [0.1, 0.15) is 18.1 Å². The average molecular weight is 1330 g/mol. The maximum absolute atomic E-state index is 12.4. The second kappa shape index (κ2) is 35.3. The fourth-order valence-electron chi connectivity index (χ4n) is 10.6. The molecule has 2 heterocycles. The Morgan fingerprint density at radius 2 is 1.40 bits per heavy atom. The number of anilines is 1. The number of allylic oxidation sites excluding steroid dienone is 7. The third kappa shape index (κ3) is 21.5. The van der Waals surface area contributed by atoms with Crippen LogP contribution in [-0.2, 0) is 73.6 Å². The molecule has 0 saturated heterocycles. The van der Waals surface area contributed by atoms with E-state index in [0.717, 1.165) is 64.7 Å². The standard InChI is InChI=1S/C57H62N3O11S3.5Na.2O3S/c1-8-9-33-59-47-27-20-39-19-25-43(73(65,66)67)36-46(39)53(47)57(6,7)51(59)30-22-41-14-10-13-40(54(41)71-42-23-17-38(18-24-42)31-32-58-55(61)37(2)3)21-29-50-56(4,5)52-45-15-11-16-49(74(68,69)70)44(45)26-28-48(52)60(50)34-12-35-72(62,63)64;;;;;;2*1-4(2)3/h15-18,20-30,36H,2,8-10,12-14,31-35H2,1,3-7H3,(H,58,61)(H,62,63,64)(H,65,66,67)(H,68,69,70);;;;;;;/q-1;5*+1;;/p-3. The summed E-state index contributed by atoms with van der Waals surface area (Å²) in [4.78, 5) is 13.3. The minimum atomic E-state index is -4.87. The van der Waals surface area contributed by atoms with Crippen LogP contribution in [0.5, 0.6) is 5.75 Å². The van der Waals surface area contributed by atoms with Crippen LogP contribution in [0.1, 0.15) is 96.8 Å². The number of nitrogens with one attached hydrogen (secondary N) is 1. The second-order valence-electron chi connectivity index (χ2n) is 20.5. The Morgan fingerprint density at radius 3 is 1.98 bits per heavy atom. The molecule has 0 aromatic heterocycles. The van der Waals surface area contributed by atoms with Crippen molar-refractivity contribution in [2.75, 3.05) is 30.3 Å². The van der Waals surface area contributed by atoms with Crippen molar-refractivity contribution in [2.45, 2.75) is 107 Å². The van der Waals surface area contributed by atoms with Crippen molar-refractivity contribution in [1.82, 2.24) is 5.32 Å². The smallest absolute Gasteiger partial charge is 0.754 e. The van der Waals surface area contributed by atoms with E-state index in [1.807, 2.05) is 67.3 Å². The zero-order chi connectivity index (χ0) is 60.7. The normalized spacial score (nSPS) is 15.7. The van der Waals surface area contributed by atoms with Crippen LogP contribution >= 0.6 is 0 Å². The summed E-state index contributed by atoms with van der Waals surface area (Å²) in [5, 5.41) is 4.93. The minimum absolute atomic E-state index is 0. The molecule has 0 atom stereocenters. The summed E-state index contributed by atoms with van der Waals surface area (Å²) in [6.07, 6.45) is 12.5. The summed E-state index contributed by atoms with van der Waals surface area (Å²) < 4.78 is 169. The first-order chi connectivity index (χ1) is 38.3. The van der Waals surface area contributed by atoms with Gasteiger partial charge in [-0.25, -0.2) is 16.8 Å². The zero-order valence-electron chi connectivity index (χ0n) is 50.6. The molecule has 0 bridgehead atoms. The molecule has 438 valence electrons. The molecule has 3 aliphatic rings. The summed E-state index contributed by atoms with van der Waals surface area (Å²) in [6, 6.07) is 26.2. The molecule has 30 heteroatoms. The van der Waals surface area contributed by atoms with E-state index in [1.165, 1.54) is 12.1 Å². The molecule has 5 aromatic carbocycles. The molecule has 0 spiro atoms. The minimum Gasteiger partial charge on any atom is -0.754 e. The number of carbonyl (C=O) groups is 1. The van der Waals surface area contributed by atoms with E-state index in [4.69, 9.17) is 30.0 Å². The number of ether oxygens (including phenoxy) is 1. The monoisotopic (exact) mass is 1330 g/mol. The molecule has 1 amide bonds. The van der Waals surface area contributed by atoms with Crippen molar-refractivity contribution in [3.8, 4) is 5.75 Å². The molecule has 8 rings (SSSR count). The van der Waals surface area contributed by atoms with Crippen LogP contribution in [0.25, 0.3) is 21.5 Å². The van der Waals surface area contributed by atoms with Gasteiger partial charge >= 0.3 is 169 Å². The van der Waals surface area contributed by atoms with Gasteiger partial charge in [-0.1, -0.05) is 69.0 Å². The third-order valence-electron chi connectivity index (χ3n) is 14.2. The Morgan fingerprint density at radius 1 is 0.770 bits per heavy atom. The van der Waals surface area contributed by atoms with E-state index >= 15 is 0 Å². The Balaban J connectivity index is 0.00000274. The van der Waals surface area contributed by atoms with Gasteiger partial charge in [-0.05, 0) is 116 Å². The zero-order valence-corrected chi connectivity index (χ0v) is 64.7. The maximum atomic E-state index is 12.4. The number of fused-ring (bicyclic) bond motifs is 6. The molecular formula is C57H59N3Na5O17S5+. The molecule has 2 aliphatic heterocycles. The fraction of sp³-hybridized carbons (Fsp3) is 0.333. The number of carbonyl (C=O) groups excluding carboxylic acids is 1. The molecular weight excluding hydrogens is 1270 g/mol. The van der Waals surface area contributed by atoms with Gasteiger partial charge in [0.05, 0.1) is 35.8 Å². The summed E-state index contributed by atoms with van der Waals surface area (Å²) in [7, 11) is -20.4. The number of nitrogens with zero attached hydrogens (tertiary/aromatic N) is 2. The molecule has 87 heavy (non-hydrogen) atoms. The van der Waals surface area contributed by atoms with Crippen molar-refractivity contribution in [3.63, 3.8) is 0 Å². The maximum Gasteiger partial charge on any atom is 1.00 e. The molecule has 5 aromatic rings. The topological polar surface area (TPSA) is 319 Å². The molecule has 0 unspecified atom stereocenters. The summed E-state index contributed by atoms with van der Waals surface area (Å²) in [5.41, 5.74) is 6.56. The predicted octanol–water partition coefficient (Wildman–Crippen LogP) is -7.56.